The number of aromatic nitrogens is 1. The summed E-state index contributed by atoms with van der Waals surface area (Å²) in [5.74, 6) is 0. The molecule has 12 nitrogen and oxygen atoms in total. The molecule has 2 fully saturated rings. The molecule has 1 aromatic heterocycles. The minimum Gasteiger partial charge on any atom is -0.374 e. The van der Waals surface area contributed by atoms with Crippen LogP contribution in [0.25, 0.3) is 0 Å². The van der Waals surface area contributed by atoms with E-state index in [1.54, 1.807) is 13.3 Å². The van der Waals surface area contributed by atoms with Crippen LogP contribution < -0.4 is 0 Å². The molecule has 0 unspecified atom stereocenters. The van der Waals surface area contributed by atoms with Gasteiger partial charge in [0.1, 0.15) is 48.8 Å². The van der Waals surface area contributed by atoms with Crippen LogP contribution in [0, 0.1) is 0 Å². The third-order valence-electron chi connectivity index (χ3n) is 12.8. The molecule has 6 aromatic carbocycles. The number of benzene rings is 6. The van der Waals surface area contributed by atoms with E-state index in [1.165, 1.54) is 0 Å². The normalized spacial score (nSPS) is 24.0. The van der Waals surface area contributed by atoms with Gasteiger partial charge < -0.3 is 52.1 Å². The molecule has 0 amide bonds. The number of pyridine rings is 1. The lowest BCUT2D eigenvalue weighted by molar-refractivity contribution is -0.377. The van der Waals surface area contributed by atoms with Crippen LogP contribution in [0.5, 0.6) is 0 Å². The third kappa shape index (κ3) is 15.3. The van der Waals surface area contributed by atoms with Crippen LogP contribution in [-0.2, 0) is 98.4 Å². The van der Waals surface area contributed by atoms with Crippen LogP contribution in [0.4, 0.5) is 0 Å². The average molecular weight is 988 g/mol. The van der Waals surface area contributed by atoms with Crippen molar-refractivity contribution in [1.29, 1.82) is 0 Å². The summed E-state index contributed by atoms with van der Waals surface area (Å²) in [4.78, 5) is 4.63. The van der Waals surface area contributed by atoms with Crippen molar-refractivity contribution in [2.24, 2.45) is 0 Å². The molecule has 380 valence electrons. The number of hydrogen-bond donors (Lipinski definition) is 0. The van der Waals surface area contributed by atoms with E-state index in [2.05, 4.69) is 4.98 Å². The summed E-state index contributed by atoms with van der Waals surface area (Å²) >= 11 is 0. The molecule has 0 bridgehead atoms. The Bertz CT molecular complexity index is 2570. The fourth-order valence-electron chi connectivity index (χ4n) is 9.05. The molecule has 0 aliphatic carbocycles. The van der Waals surface area contributed by atoms with Gasteiger partial charge in [-0.25, -0.2) is 0 Å². The van der Waals surface area contributed by atoms with E-state index in [1.807, 2.05) is 200 Å². The largest absolute Gasteiger partial charge is 0.374 e. The van der Waals surface area contributed by atoms with Gasteiger partial charge in [0.15, 0.2) is 12.6 Å². The van der Waals surface area contributed by atoms with Gasteiger partial charge in [0.25, 0.3) is 0 Å². The Morgan fingerprint density at radius 1 is 0.342 bits per heavy atom. The zero-order valence-corrected chi connectivity index (χ0v) is 41.2. The first-order valence-corrected chi connectivity index (χ1v) is 25.0. The predicted octanol–water partition coefficient (Wildman–Crippen LogP) is 10.2. The summed E-state index contributed by atoms with van der Waals surface area (Å²) in [6, 6.07) is 65.9. The standard InChI is InChI=1S/C61H65NO11/c1-63-60-59(69-41-50-32-18-7-19-33-50)57(55(67-39-48-28-14-5-15-29-48)53(71-60)44-65-37-46-24-10-3-11-25-46)73-61-58(70-42-51-34-20-21-35-62-51)56(68-40-49-30-16-6-17-31-49)54(66-38-47-26-12-4-13-27-47)52(72-61)43-64-36-45-22-8-2-9-23-45/h2-35,52-61H,36-44H2,1H3/t52-,53-,54-,55-,56+,57+,58-,59-,60+,61+/m1/s1. The van der Waals surface area contributed by atoms with E-state index >= 15 is 0 Å². The molecule has 12 heteroatoms. The Kier molecular flexibility index (Phi) is 19.8. The van der Waals surface area contributed by atoms with Crippen molar-refractivity contribution >= 4 is 0 Å². The van der Waals surface area contributed by atoms with Crippen molar-refractivity contribution in [2.75, 3.05) is 20.3 Å². The lowest BCUT2D eigenvalue weighted by Crippen LogP contribution is -2.66. The highest BCUT2D eigenvalue weighted by molar-refractivity contribution is 5.18. The van der Waals surface area contributed by atoms with E-state index in [4.69, 9.17) is 52.1 Å². The summed E-state index contributed by atoms with van der Waals surface area (Å²) in [6.07, 6.45) is -6.61. The summed E-state index contributed by atoms with van der Waals surface area (Å²) in [6.45, 7) is 2.11. The molecular formula is C61H65NO11. The molecule has 0 spiro atoms. The number of hydrogen-bond acceptors (Lipinski definition) is 12. The van der Waals surface area contributed by atoms with E-state index in [-0.39, 0.29) is 46.2 Å². The van der Waals surface area contributed by atoms with Crippen molar-refractivity contribution in [2.45, 2.75) is 108 Å². The molecule has 7 aromatic rings. The van der Waals surface area contributed by atoms with Crippen LogP contribution in [0.15, 0.2) is 206 Å². The van der Waals surface area contributed by atoms with Gasteiger partial charge in [-0.3, -0.25) is 4.98 Å². The molecule has 3 heterocycles. The van der Waals surface area contributed by atoms with Crippen LogP contribution in [0.1, 0.15) is 39.1 Å². The molecule has 2 saturated heterocycles. The third-order valence-corrected chi connectivity index (χ3v) is 12.8. The number of nitrogens with zero attached hydrogens (tertiary/aromatic N) is 1. The molecule has 10 atom stereocenters. The second kappa shape index (κ2) is 27.9. The van der Waals surface area contributed by atoms with Crippen molar-refractivity contribution in [3.8, 4) is 0 Å². The summed E-state index contributed by atoms with van der Waals surface area (Å²) in [5.41, 5.74) is 6.65. The van der Waals surface area contributed by atoms with Crippen LogP contribution in [0.3, 0.4) is 0 Å². The molecule has 73 heavy (non-hydrogen) atoms. The highest BCUT2D eigenvalue weighted by Crippen LogP contribution is 2.37. The Morgan fingerprint density at radius 3 is 1.10 bits per heavy atom. The smallest absolute Gasteiger partial charge is 0.187 e. The Hall–Kier alpha value is -5.97. The second-order valence-corrected chi connectivity index (χ2v) is 18.1. The Morgan fingerprint density at radius 2 is 0.685 bits per heavy atom. The fourth-order valence-corrected chi connectivity index (χ4v) is 9.05. The van der Waals surface area contributed by atoms with E-state index < -0.39 is 61.4 Å². The maximum absolute atomic E-state index is 7.53. The fraction of sp³-hybridized carbons (Fsp3) is 0.328. The van der Waals surface area contributed by atoms with Crippen molar-refractivity contribution in [3.05, 3.63) is 245 Å². The highest BCUT2D eigenvalue weighted by atomic mass is 16.8. The molecular weight excluding hydrogens is 923 g/mol. The monoisotopic (exact) mass is 987 g/mol. The topological polar surface area (TPSA) is 114 Å². The quantitative estimate of drug-likeness (QED) is 0.0515. The van der Waals surface area contributed by atoms with Gasteiger partial charge in [-0.05, 0) is 45.5 Å². The minimum absolute atomic E-state index is 0.118. The highest BCUT2D eigenvalue weighted by Gasteiger charge is 2.54. The maximum atomic E-state index is 7.53. The number of methoxy groups -OCH3 is 1. The van der Waals surface area contributed by atoms with E-state index in [9.17, 15) is 0 Å². The molecule has 0 saturated carbocycles. The average Bonchev–Trinajstić information content (AvgIpc) is 3.45. The molecule has 2 aliphatic rings. The SMILES string of the molecule is CO[C@H]1O[C@H](COCc2ccccc2)[C@@H](OCc2ccccc2)[C@H](O[C@@H]2O[C@H](COCc3ccccc3)[C@@H](OCc3ccccc3)[C@H](OCc3ccccc3)[C@H]2OCc2ccccn2)[C@H]1OCc1ccccc1. The zero-order chi connectivity index (χ0) is 49.7. The summed E-state index contributed by atoms with van der Waals surface area (Å²) < 4.78 is 75.7. The molecule has 2 aliphatic heterocycles. The lowest BCUT2D eigenvalue weighted by atomic mass is 9.95. The lowest BCUT2D eigenvalue weighted by Gasteiger charge is -2.50. The summed E-state index contributed by atoms with van der Waals surface area (Å²) in [7, 11) is 1.60. The van der Waals surface area contributed by atoms with E-state index in [0.29, 0.717) is 18.9 Å². The van der Waals surface area contributed by atoms with Gasteiger partial charge in [0, 0.05) is 13.3 Å². The van der Waals surface area contributed by atoms with Crippen LogP contribution in [0.2, 0.25) is 0 Å². The first kappa shape index (κ1) is 51.9. The van der Waals surface area contributed by atoms with Gasteiger partial charge in [0.05, 0.1) is 65.2 Å². The van der Waals surface area contributed by atoms with Gasteiger partial charge in [0.2, 0.25) is 0 Å². The second-order valence-electron chi connectivity index (χ2n) is 18.1. The van der Waals surface area contributed by atoms with Crippen molar-refractivity contribution < 1.29 is 52.1 Å². The summed E-state index contributed by atoms with van der Waals surface area (Å²) in [5, 5.41) is 0. The Labute approximate surface area is 429 Å². The predicted molar refractivity (Wildman–Crippen MR) is 274 cm³/mol. The van der Waals surface area contributed by atoms with Crippen molar-refractivity contribution in [3.63, 3.8) is 0 Å². The maximum Gasteiger partial charge on any atom is 0.187 e. The first-order valence-electron chi connectivity index (χ1n) is 25.0. The number of rotatable bonds is 26. The van der Waals surface area contributed by atoms with Crippen molar-refractivity contribution in [1.82, 2.24) is 4.98 Å². The number of ether oxygens (including phenoxy) is 11. The van der Waals surface area contributed by atoms with Crippen LogP contribution in [-0.4, -0.2) is 86.7 Å². The van der Waals surface area contributed by atoms with Gasteiger partial charge in [-0.15, -0.1) is 0 Å². The molecule has 0 radical (unpaired) electrons. The minimum atomic E-state index is -1.12. The Balaban J connectivity index is 1.11. The van der Waals surface area contributed by atoms with Gasteiger partial charge >= 0.3 is 0 Å². The van der Waals surface area contributed by atoms with E-state index in [0.717, 1.165) is 33.4 Å². The molecule has 9 rings (SSSR count). The first-order chi connectivity index (χ1) is 36.2. The molecule has 0 N–H and O–H groups in total. The zero-order valence-electron chi connectivity index (χ0n) is 41.2. The van der Waals surface area contributed by atoms with Gasteiger partial charge in [-0.2, -0.15) is 0 Å². The van der Waals surface area contributed by atoms with Crippen LogP contribution >= 0.6 is 0 Å². The van der Waals surface area contributed by atoms with Gasteiger partial charge in [-0.1, -0.05) is 188 Å².